The van der Waals surface area contributed by atoms with Gasteiger partial charge >= 0.3 is 0 Å². The lowest BCUT2D eigenvalue weighted by Crippen LogP contribution is -2.53. The maximum atomic E-state index is 12.9. The number of carbonyl (C=O) groups is 2. The Kier molecular flexibility index (Phi) is 6.78. The first-order chi connectivity index (χ1) is 13.6. The fourth-order valence-electron chi connectivity index (χ4n) is 3.39. The molecule has 2 aromatic rings. The van der Waals surface area contributed by atoms with Crippen molar-refractivity contribution in [1.29, 1.82) is 0 Å². The van der Waals surface area contributed by atoms with Crippen molar-refractivity contribution in [2.45, 2.75) is 12.6 Å². The summed E-state index contributed by atoms with van der Waals surface area (Å²) in [6.45, 7) is 3.49. The Labute approximate surface area is 165 Å². The number of nitrogens with one attached hydrogen (secondary N) is 2. The number of benzene rings is 1. The third kappa shape index (κ3) is 5.17. The first kappa shape index (κ1) is 20.0. The molecular weight excluding hydrogens is 356 g/mol. The molecule has 1 aromatic heterocycles. The SMILES string of the molecule is CNC(C(=O)N1CCN(CC(=O)NCc2ccccc2)CC1)c1cnn(C)c1. The molecule has 28 heavy (non-hydrogen) atoms. The van der Waals surface area contributed by atoms with Crippen LogP contribution in [0.15, 0.2) is 42.7 Å². The Bertz CT molecular complexity index is 783. The summed E-state index contributed by atoms with van der Waals surface area (Å²) in [7, 11) is 3.62. The monoisotopic (exact) mass is 384 g/mol. The summed E-state index contributed by atoms with van der Waals surface area (Å²) < 4.78 is 1.69. The molecule has 1 aliphatic rings. The number of aryl methyl sites for hydroxylation is 1. The van der Waals surface area contributed by atoms with Crippen LogP contribution in [0.25, 0.3) is 0 Å². The van der Waals surface area contributed by atoms with E-state index in [1.807, 2.05) is 48.5 Å². The molecule has 0 spiro atoms. The molecule has 2 N–H and O–H groups in total. The van der Waals surface area contributed by atoms with E-state index in [9.17, 15) is 9.59 Å². The molecule has 2 heterocycles. The van der Waals surface area contributed by atoms with Crippen LogP contribution in [0.5, 0.6) is 0 Å². The lowest BCUT2D eigenvalue weighted by Gasteiger charge is -2.36. The summed E-state index contributed by atoms with van der Waals surface area (Å²) >= 11 is 0. The minimum atomic E-state index is -0.394. The van der Waals surface area contributed by atoms with Crippen LogP contribution < -0.4 is 10.6 Å². The quantitative estimate of drug-likeness (QED) is 0.710. The van der Waals surface area contributed by atoms with Crippen LogP contribution in [-0.4, -0.2) is 71.2 Å². The van der Waals surface area contributed by atoms with Gasteiger partial charge in [-0.25, -0.2) is 0 Å². The Morgan fingerprint density at radius 2 is 1.86 bits per heavy atom. The predicted octanol–water partition coefficient (Wildman–Crippen LogP) is 0.141. The third-order valence-electron chi connectivity index (χ3n) is 4.98. The van der Waals surface area contributed by atoms with Crippen molar-refractivity contribution < 1.29 is 9.59 Å². The second kappa shape index (κ2) is 9.48. The van der Waals surface area contributed by atoms with Crippen molar-refractivity contribution in [2.75, 3.05) is 39.8 Å². The molecule has 1 unspecified atom stereocenters. The van der Waals surface area contributed by atoms with Crippen molar-refractivity contribution in [3.63, 3.8) is 0 Å². The topological polar surface area (TPSA) is 82.5 Å². The number of likely N-dealkylation sites (N-methyl/N-ethyl adjacent to an activating group) is 1. The number of nitrogens with zero attached hydrogens (tertiary/aromatic N) is 4. The number of aromatic nitrogens is 2. The van der Waals surface area contributed by atoms with Crippen LogP contribution in [0.2, 0.25) is 0 Å². The van der Waals surface area contributed by atoms with Crippen LogP contribution in [0.4, 0.5) is 0 Å². The summed E-state index contributed by atoms with van der Waals surface area (Å²) in [5.74, 6) is 0.0516. The Morgan fingerprint density at radius 1 is 1.14 bits per heavy atom. The molecule has 0 radical (unpaired) electrons. The van der Waals surface area contributed by atoms with E-state index >= 15 is 0 Å². The van der Waals surface area contributed by atoms with Crippen molar-refractivity contribution in [1.82, 2.24) is 30.2 Å². The van der Waals surface area contributed by atoms with E-state index in [0.717, 1.165) is 11.1 Å². The molecule has 0 aliphatic carbocycles. The molecule has 150 valence electrons. The van der Waals surface area contributed by atoms with Gasteiger partial charge in [-0.3, -0.25) is 19.2 Å². The zero-order valence-electron chi connectivity index (χ0n) is 16.5. The number of piperazine rings is 1. The van der Waals surface area contributed by atoms with Crippen LogP contribution in [0.3, 0.4) is 0 Å². The number of rotatable bonds is 7. The van der Waals surface area contributed by atoms with Crippen LogP contribution in [-0.2, 0) is 23.2 Å². The first-order valence-electron chi connectivity index (χ1n) is 9.54. The standard InChI is InChI=1S/C20H28N6O2/c1-21-19(17-13-23-24(2)14-17)20(28)26-10-8-25(9-11-26)15-18(27)22-12-16-6-4-3-5-7-16/h3-7,13-14,19,21H,8-12,15H2,1-2H3,(H,22,27). The van der Waals surface area contributed by atoms with Crippen molar-refractivity contribution >= 4 is 11.8 Å². The van der Waals surface area contributed by atoms with Crippen LogP contribution in [0, 0.1) is 0 Å². The molecule has 1 atom stereocenters. The van der Waals surface area contributed by atoms with E-state index in [1.54, 1.807) is 17.9 Å². The lowest BCUT2D eigenvalue weighted by atomic mass is 10.1. The van der Waals surface area contributed by atoms with Gasteiger partial charge in [-0.2, -0.15) is 5.10 Å². The average molecular weight is 384 g/mol. The lowest BCUT2D eigenvalue weighted by molar-refractivity contribution is -0.135. The van der Waals surface area contributed by atoms with Gasteiger partial charge in [0.1, 0.15) is 6.04 Å². The summed E-state index contributed by atoms with van der Waals surface area (Å²) in [4.78, 5) is 29.0. The van der Waals surface area contributed by atoms with Gasteiger partial charge in [0.15, 0.2) is 0 Å². The van der Waals surface area contributed by atoms with Gasteiger partial charge in [-0.05, 0) is 12.6 Å². The number of hydrogen-bond donors (Lipinski definition) is 2. The Morgan fingerprint density at radius 3 is 2.46 bits per heavy atom. The highest BCUT2D eigenvalue weighted by molar-refractivity contribution is 5.83. The van der Waals surface area contributed by atoms with Gasteiger partial charge in [0.25, 0.3) is 0 Å². The smallest absolute Gasteiger partial charge is 0.244 e. The van der Waals surface area contributed by atoms with Crippen LogP contribution >= 0.6 is 0 Å². The van der Waals surface area contributed by atoms with Gasteiger partial charge in [0.2, 0.25) is 11.8 Å². The largest absolute Gasteiger partial charge is 0.351 e. The van der Waals surface area contributed by atoms with Gasteiger partial charge in [0, 0.05) is 51.5 Å². The first-order valence-corrected chi connectivity index (χ1v) is 9.54. The van der Waals surface area contributed by atoms with Crippen molar-refractivity contribution in [3.05, 3.63) is 53.9 Å². The van der Waals surface area contributed by atoms with Gasteiger partial charge in [-0.15, -0.1) is 0 Å². The van der Waals surface area contributed by atoms with Gasteiger partial charge in [0.05, 0.1) is 12.7 Å². The molecule has 8 nitrogen and oxygen atoms in total. The second-order valence-corrected chi connectivity index (χ2v) is 7.03. The molecule has 3 rings (SSSR count). The van der Waals surface area contributed by atoms with Crippen LogP contribution in [0.1, 0.15) is 17.2 Å². The normalized spacial score (nSPS) is 16.0. The highest BCUT2D eigenvalue weighted by atomic mass is 16.2. The summed E-state index contributed by atoms with van der Waals surface area (Å²) in [5.41, 5.74) is 1.94. The van der Waals surface area contributed by atoms with Crippen molar-refractivity contribution in [2.24, 2.45) is 7.05 Å². The van der Waals surface area contributed by atoms with E-state index in [-0.39, 0.29) is 11.8 Å². The molecular formula is C20H28N6O2. The average Bonchev–Trinajstić information content (AvgIpc) is 3.14. The second-order valence-electron chi connectivity index (χ2n) is 7.03. The third-order valence-corrected chi connectivity index (χ3v) is 4.98. The fraction of sp³-hybridized carbons (Fsp3) is 0.450. The number of amides is 2. The van der Waals surface area contributed by atoms with E-state index in [4.69, 9.17) is 0 Å². The maximum absolute atomic E-state index is 12.9. The van der Waals surface area contributed by atoms with E-state index in [2.05, 4.69) is 20.6 Å². The number of carbonyl (C=O) groups excluding carboxylic acids is 2. The molecule has 8 heteroatoms. The van der Waals surface area contributed by atoms with E-state index < -0.39 is 6.04 Å². The predicted molar refractivity (Wildman–Crippen MR) is 106 cm³/mol. The van der Waals surface area contributed by atoms with E-state index in [0.29, 0.717) is 39.3 Å². The maximum Gasteiger partial charge on any atom is 0.244 e. The minimum absolute atomic E-state index is 0.00657. The molecule has 1 aromatic carbocycles. The fourth-order valence-corrected chi connectivity index (χ4v) is 3.39. The molecule has 1 aliphatic heterocycles. The highest BCUT2D eigenvalue weighted by Gasteiger charge is 2.28. The molecule has 1 saturated heterocycles. The highest BCUT2D eigenvalue weighted by Crippen LogP contribution is 2.16. The Hall–Kier alpha value is -2.71. The zero-order valence-corrected chi connectivity index (χ0v) is 16.5. The van der Waals surface area contributed by atoms with E-state index in [1.165, 1.54) is 0 Å². The Balaban J connectivity index is 1.44. The summed E-state index contributed by atoms with van der Waals surface area (Å²) in [5, 5.41) is 10.2. The molecule has 0 saturated carbocycles. The molecule has 2 amide bonds. The van der Waals surface area contributed by atoms with Crippen molar-refractivity contribution in [3.8, 4) is 0 Å². The molecule has 1 fully saturated rings. The zero-order chi connectivity index (χ0) is 19.9. The minimum Gasteiger partial charge on any atom is -0.351 e. The summed E-state index contributed by atoms with van der Waals surface area (Å²) in [6, 6.07) is 9.47. The number of hydrogen-bond acceptors (Lipinski definition) is 5. The van der Waals surface area contributed by atoms with Gasteiger partial charge < -0.3 is 15.5 Å². The van der Waals surface area contributed by atoms with Gasteiger partial charge in [-0.1, -0.05) is 30.3 Å². The summed E-state index contributed by atoms with van der Waals surface area (Å²) in [6.07, 6.45) is 3.57. The molecule has 0 bridgehead atoms.